The molecule has 2 aromatic carbocycles. The lowest BCUT2D eigenvalue weighted by Crippen LogP contribution is -2.56. The standard InChI is InChI=1S/C23H31N3O4S.ClH/c1-24(2)18-23(27)25-16-8-7-11-22(25)26(17-19-9-5-4-6-10-19)31(28,29)21-14-12-20(30-3)13-15-21;/h4-6,9-10,12-15,22H,7-8,11,16-18H2,1-3H3;1H. The fourth-order valence-electron chi connectivity index (χ4n) is 3.86. The molecule has 1 unspecified atom stereocenters. The third-order valence-corrected chi connectivity index (χ3v) is 7.28. The molecule has 176 valence electrons. The largest absolute Gasteiger partial charge is 0.497 e. The molecule has 0 radical (unpaired) electrons. The van der Waals surface area contributed by atoms with Crippen LogP contribution in [0, 0.1) is 0 Å². The van der Waals surface area contributed by atoms with Gasteiger partial charge >= 0.3 is 0 Å². The van der Waals surface area contributed by atoms with Crippen molar-refractivity contribution in [2.45, 2.75) is 36.9 Å². The van der Waals surface area contributed by atoms with Gasteiger partial charge < -0.3 is 14.5 Å². The van der Waals surface area contributed by atoms with E-state index in [-0.39, 0.29) is 36.3 Å². The van der Waals surface area contributed by atoms with Crippen molar-refractivity contribution in [1.29, 1.82) is 0 Å². The van der Waals surface area contributed by atoms with E-state index < -0.39 is 16.2 Å². The lowest BCUT2D eigenvalue weighted by molar-refractivity contribution is -0.138. The highest BCUT2D eigenvalue weighted by Gasteiger charge is 2.38. The molecule has 0 saturated carbocycles. The molecule has 1 aliphatic heterocycles. The van der Waals surface area contributed by atoms with E-state index in [9.17, 15) is 13.2 Å². The van der Waals surface area contributed by atoms with E-state index in [0.717, 1.165) is 18.4 Å². The number of sulfonamides is 1. The lowest BCUT2D eigenvalue weighted by Gasteiger charge is -2.42. The average molecular weight is 482 g/mol. The van der Waals surface area contributed by atoms with E-state index in [2.05, 4.69) is 0 Å². The van der Waals surface area contributed by atoms with Crippen LogP contribution in [0.2, 0.25) is 0 Å². The average Bonchev–Trinajstić information content (AvgIpc) is 2.77. The normalized spacial score (nSPS) is 16.7. The molecule has 0 spiro atoms. The van der Waals surface area contributed by atoms with E-state index in [1.807, 2.05) is 49.3 Å². The third kappa shape index (κ3) is 6.22. The molecule has 0 aliphatic carbocycles. The van der Waals surface area contributed by atoms with Crippen molar-refractivity contribution in [3.8, 4) is 5.75 Å². The number of benzene rings is 2. The van der Waals surface area contributed by atoms with Gasteiger partial charge in [0, 0.05) is 13.1 Å². The third-order valence-electron chi connectivity index (χ3n) is 5.42. The number of carbonyl (C=O) groups is 1. The predicted molar refractivity (Wildman–Crippen MR) is 127 cm³/mol. The summed E-state index contributed by atoms with van der Waals surface area (Å²) in [4.78, 5) is 16.7. The molecule has 0 aromatic heterocycles. The Morgan fingerprint density at radius 2 is 1.72 bits per heavy atom. The zero-order valence-corrected chi connectivity index (χ0v) is 20.4. The fraction of sp³-hybridized carbons (Fsp3) is 0.435. The van der Waals surface area contributed by atoms with Crippen LogP contribution in [0.5, 0.6) is 5.75 Å². The SMILES string of the molecule is COc1ccc(S(=O)(=O)N(Cc2ccccc2)C2CCCCN2C(=O)CN(C)C)cc1.Cl. The van der Waals surface area contributed by atoms with Crippen molar-refractivity contribution >= 4 is 28.3 Å². The second-order valence-corrected chi connectivity index (χ2v) is 9.90. The first-order valence-corrected chi connectivity index (χ1v) is 11.9. The van der Waals surface area contributed by atoms with Crippen molar-refractivity contribution in [1.82, 2.24) is 14.1 Å². The summed E-state index contributed by atoms with van der Waals surface area (Å²) in [5, 5.41) is 0. The zero-order valence-electron chi connectivity index (χ0n) is 18.8. The number of methoxy groups -OCH3 is 1. The highest BCUT2D eigenvalue weighted by atomic mass is 35.5. The molecule has 1 saturated heterocycles. The van der Waals surface area contributed by atoms with Crippen LogP contribution in [-0.4, -0.2) is 68.9 Å². The lowest BCUT2D eigenvalue weighted by atomic mass is 10.1. The van der Waals surface area contributed by atoms with Crippen LogP contribution in [0.1, 0.15) is 24.8 Å². The number of halogens is 1. The van der Waals surface area contributed by atoms with Crippen molar-refractivity contribution in [2.75, 3.05) is 34.3 Å². The number of hydrogen-bond acceptors (Lipinski definition) is 5. The molecule has 1 fully saturated rings. The van der Waals surface area contributed by atoms with Crippen LogP contribution >= 0.6 is 12.4 Å². The topological polar surface area (TPSA) is 70.2 Å². The van der Waals surface area contributed by atoms with Crippen molar-refractivity contribution in [3.05, 3.63) is 60.2 Å². The Morgan fingerprint density at radius 3 is 2.31 bits per heavy atom. The molecule has 1 atom stereocenters. The van der Waals surface area contributed by atoms with E-state index in [1.165, 1.54) is 4.31 Å². The van der Waals surface area contributed by atoms with Gasteiger partial charge in [0.25, 0.3) is 0 Å². The van der Waals surface area contributed by atoms with Crippen LogP contribution in [0.4, 0.5) is 0 Å². The summed E-state index contributed by atoms with van der Waals surface area (Å²) in [5.41, 5.74) is 0.880. The number of carbonyl (C=O) groups excluding carboxylic acids is 1. The van der Waals surface area contributed by atoms with Crippen LogP contribution in [0.25, 0.3) is 0 Å². The number of likely N-dealkylation sites (tertiary alicyclic amines) is 1. The molecule has 7 nitrogen and oxygen atoms in total. The van der Waals surface area contributed by atoms with Gasteiger partial charge in [-0.05, 0) is 63.2 Å². The molecular formula is C23H32ClN3O4S. The summed E-state index contributed by atoms with van der Waals surface area (Å²) in [7, 11) is 1.37. The Morgan fingerprint density at radius 1 is 1.06 bits per heavy atom. The van der Waals surface area contributed by atoms with Gasteiger partial charge in [0.2, 0.25) is 15.9 Å². The summed E-state index contributed by atoms with van der Waals surface area (Å²) in [5.74, 6) is 0.534. The minimum atomic E-state index is -3.85. The van der Waals surface area contributed by atoms with Gasteiger partial charge in [0.05, 0.1) is 24.7 Å². The van der Waals surface area contributed by atoms with E-state index in [0.29, 0.717) is 18.7 Å². The first-order valence-electron chi connectivity index (χ1n) is 10.5. The molecule has 2 aromatic rings. The first-order chi connectivity index (χ1) is 14.8. The Kier molecular flexibility index (Phi) is 9.51. The zero-order chi connectivity index (χ0) is 22.4. The molecule has 0 N–H and O–H groups in total. The van der Waals surface area contributed by atoms with Crippen molar-refractivity contribution in [2.24, 2.45) is 0 Å². The second kappa shape index (κ2) is 11.7. The van der Waals surface area contributed by atoms with Crippen LogP contribution in [-0.2, 0) is 21.4 Å². The molecule has 9 heteroatoms. The maximum Gasteiger partial charge on any atom is 0.245 e. The Labute approximate surface area is 197 Å². The van der Waals surface area contributed by atoms with Crippen LogP contribution in [0.3, 0.4) is 0 Å². The minimum absolute atomic E-state index is 0. The Balaban J connectivity index is 0.00000363. The molecule has 1 amide bonds. The van der Waals surface area contributed by atoms with Gasteiger partial charge in [0.15, 0.2) is 0 Å². The Hall–Kier alpha value is -2.13. The summed E-state index contributed by atoms with van der Waals surface area (Å²) in [6.07, 6.45) is 1.84. The Bertz CT molecular complexity index is 968. The van der Waals surface area contributed by atoms with Crippen LogP contribution < -0.4 is 4.74 Å². The summed E-state index contributed by atoms with van der Waals surface area (Å²) < 4.78 is 34.2. The minimum Gasteiger partial charge on any atom is -0.497 e. The van der Waals surface area contributed by atoms with E-state index in [4.69, 9.17) is 4.74 Å². The number of hydrogen-bond donors (Lipinski definition) is 0. The number of amides is 1. The predicted octanol–water partition coefficient (Wildman–Crippen LogP) is 3.21. The number of rotatable bonds is 8. The van der Waals surface area contributed by atoms with Crippen molar-refractivity contribution < 1.29 is 17.9 Å². The highest BCUT2D eigenvalue weighted by molar-refractivity contribution is 7.89. The molecule has 32 heavy (non-hydrogen) atoms. The van der Waals surface area contributed by atoms with Gasteiger partial charge in [-0.1, -0.05) is 30.3 Å². The van der Waals surface area contributed by atoms with Crippen molar-refractivity contribution in [3.63, 3.8) is 0 Å². The number of ether oxygens (including phenoxy) is 1. The fourth-order valence-corrected chi connectivity index (χ4v) is 5.47. The van der Waals surface area contributed by atoms with Gasteiger partial charge in [0.1, 0.15) is 5.75 Å². The summed E-state index contributed by atoms with van der Waals surface area (Å²) >= 11 is 0. The quantitative estimate of drug-likeness (QED) is 0.579. The molecule has 0 bridgehead atoms. The van der Waals surface area contributed by atoms with E-state index in [1.54, 1.807) is 36.3 Å². The maximum atomic E-state index is 13.8. The molecule has 1 heterocycles. The highest BCUT2D eigenvalue weighted by Crippen LogP contribution is 2.29. The van der Waals surface area contributed by atoms with Gasteiger partial charge in [-0.25, -0.2) is 8.42 Å². The summed E-state index contributed by atoms with van der Waals surface area (Å²) in [6, 6.07) is 15.9. The number of nitrogens with zero attached hydrogens (tertiary/aromatic N) is 3. The van der Waals surface area contributed by atoms with Gasteiger partial charge in [-0.15, -0.1) is 12.4 Å². The van der Waals surface area contributed by atoms with E-state index >= 15 is 0 Å². The first kappa shape index (κ1) is 26.1. The maximum absolute atomic E-state index is 13.8. The van der Waals surface area contributed by atoms with Gasteiger partial charge in [-0.2, -0.15) is 4.31 Å². The van der Waals surface area contributed by atoms with Crippen LogP contribution in [0.15, 0.2) is 59.5 Å². The number of likely N-dealkylation sites (N-methyl/N-ethyl adjacent to an activating group) is 1. The monoisotopic (exact) mass is 481 g/mol. The summed E-state index contributed by atoms with van der Waals surface area (Å²) in [6.45, 7) is 1.00. The molecule has 3 rings (SSSR count). The van der Waals surface area contributed by atoms with Gasteiger partial charge in [-0.3, -0.25) is 4.79 Å². The second-order valence-electron chi connectivity index (χ2n) is 8.01. The molecule has 1 aliphatic rings. The smallest absolute Gasteiger partial charge is 0.245 e. The molecular weight excluding hydrogens is 450 g/mol. The number of piperidine rings is 1.